The first-order valence-corrected chi connectivity index (χ1v) is 15.1. The first kappa shape index (κ1) is 31.2. The molecule has 2 atom stereocenters. The molecular formula is C31H44ClN5O4. The van der Waals surface area contributed by atoms with E-state index in [9.17, 15) is 9.59 Å². The molecule has 1 aliphatic heterocycles. The number of ether oxygens (including phenoxy) is 2. The highest BCUT2D eigenvalue weighted by molar-refractivity contribution is 6.30. The predicted molar refractivity (Wildman–Crippen MR) is 161 cm³/mol. The van der Waals surface area contributed by atoms with Gasteiger partial charge in [0, 0.05) is 55.6 Å². The van der Waals surface area contributed by atoms with E-state index in [4.69, 9.17) is 21.1 Å². The van der Waals surface area contributed by atoms with Crippen molar-refractivity contribution in [1.29, 1.82) is 0 Å². The second-order valence-corrected chi connectivity index (χ2v) is 12.4. The summed E-state index contributed by atoms with van der Waals surface area (Å²) < 4.78 is 10.9. The van der Waals surface area contributed by atoms with Crippen LogP contribution in [0.1, 0.15) is 75.6 Å². The summed E-state index contributed by atoms with van der Waals surface area (Å²) in [6.07, 6.45) is 4.82. The van der Waals surface area contributed by atoms with Crippen molar-refractivity contribution in [1.82, 2.24) is 20.2 Å². The lowest BCUT2D eigenvalue weighted by atomic mass is 9.97. The van der Waals surface area contributed by atoms with E-state index < -0.39 is 5.60 Å². The Bertz CT molecular complexity index is 1160. The van der Waals surface area contributed by atoms with E-state index in [2.05, 4.69) is 27.1 Å². The second-order valence-electron chi connectivity index (χ2n) is 11.9. The van der Waals surface area contributed by atoms with Gasteiger partial charge in [-0.1, -0.05) is 30.7 Å². The number of anilines is 1. The number of rotatable bonds is 12. The highest BCUT2D eigenvalue weighted by atomic mass is 35.5. The average molecular weight is 586 g/mol. The van der Waals surface area contributed by atoms with Crippen LogP contribution in [0, 0.1) is 0 Å². The van der Waals surface area contributed by atoms with Crippen molar-refractivity contribution in [2.45, 2.75) is 70.8 Å². The van der Waals surface area contributed by atoms with Crippen LogP contribution in [-0.4, -0.2) is 84.8 Å². The Labute approximate surface area is 249 Å². The van der Waals surface area contributed by atoms with E-state index in [1.165, 1.54) is 11.3 Å². The van der Waals surface area contributed by atoms with Gasteiger partial charge >= 0.3 is 5.97 Å². The number of fused-ring (bicyclic) bond motifs is 1. The number of halogens is 1. The number of hydrogen-bond donors (Lipinski definition) is 1. The van der Waals surface area contributed by atoms with Crippen LogP contribution in [0.5, 0.6) is 0 Å². The van der Waals surface area contributed by atoms with E-state index in [-0.39, 0.29) is 24.2 Å². The summed E-state index contributed by atoms with van der Waals surface area (Å²) in [5, 5.41) is 4.09. The highest BCUT2D eigenvalue weighted by Crippen LogP contribution is 2.37. The fourth-order valence-electron chi connectivity index (χ4n) is 5.47. The van der Waals surface area contributed by atoms with Gasteiger partial charge < -0.3 is 24.6 Å². The lowest BCUT2D eigenvalue weighted by Crippen LogP contribution is -2.51. The van der Waals surface area contributed by atoms with Crippen LogP contribution in [0.15, 0.2) is 30.6 Å². The predicted octanol–water partition coefficient (Wildman–Crippen LogP) is 4.34. The number of hydrogen-bond acceptors (Lipinski definition) is 8. The Morgan fingerprint density at radius 3 is 2.54 bits per heavy atom. The van der Waals surface area contributed by atoms with Gasteiger partial charge in [0.1, 0.15) is 17.7 Å². The molecule has 2 aromatic rings. The lowest BCUT2D eigenvalue weighted by Gasteiger charge is -2.38. The quantitative estimate of drug-likeness (QED) is 0.290. The summed E-state index contributed by atoms with van der Waals surface area (Å²) in [6, 6.07) is 7.55. The maximum absolute atomic E-state index is 13.8. The molecule has 0 saturated carbocycles. The van der Waals surface area contributed by atoms with Crippen molar-refractivity contribution >= 4 is 29.3 Å². The Morgan fingerprint density at radius 2 is 1.83 bits per heavy atom. The molecule has 1 amide bonds. The van der Waals surface area contributed by atoms with Gasteiger partial charge in [0.05, 0.1) is 18.9 Å². The van der Waals surface area contributed by atoms with Crippen molar-refractivity contribution in [3.63, 3.8) is 0 Å². The third kappa shape index (κ3) is 8.87. The number of amides is 1. The zero-order valence-electron chi connectivity index (χ0n) is 24.8. The number of nitrogens with one attached hydrogen (secondary N) is 1. The Morgan fingerprint density at radius 1 is 1.10 bits per heavy atom. The van der Waals surface area contributed by atoms with Crippen molar-refractivity contribution < 1.29 is 19.1 Å². The molecule has 0 bridgehead atoms. The fraction of sp³-hybridized carbons (Fsp3) is 0.613. The Balaban J connectivity index is 1.26. The van der Waals surface area contributed by atoms with E-state index in [1.54, 1.807) is 6.33 Å². The minimum atomic E-state index is -0.484. The zero-order valence-corrected chi connectivity index (χ0v) is 25.6. The Hall–Kier alpha value is -2.75. The molecule has 0 radical (unpaired) electrons. The van der Waals surface area contributed by atoms with Crippen LogP contribution in [0.25, 0.3) is 0 Å². The SMILES string of the molecule is C[C@@H]1CCc2ncnc(N3CCN(C(=O)[C@H](CNCCCOCCC(=O)OC(C)(C)C)c4ccc(Cl)cc4)CC3)c21. The first-order valence-electron chi connectivity index (χ1n) is 14.8. The van der Waals surface area contributed by atoms with Crippen LogP contribution in [0.2, 0.25) is 5.02 Å². The minimum Gasteiger partial charge on any atom is -0.460 e. The average Bonchev–Trinajstić information content (AvgIpc) is 3.32. The van der Waals surface area contributed by atoms with Gasteiger partial charge in [-0.2, -0.15) is 0 Å². The third-order valence-electron chi connectivity index (χ3n) is 7.57. The number of esters is 1. The molecule has 2 aliphatic rings. The molecule has 2 heterocycles. The van der Waals surface area contributed by atoms with Gasteiger partial charge in [-0.15, -0.1) is 0 Å². The van der Waals surface area contributed by atoms with Gasteiger partial charge in [-0.3, -0.25) is 9.59 Å². The van der Waals surface area contributed by atoms with Gasteiger partial charge in [-0.25, -0.2) is 9.97 Å². The van der Waals surface area contributed by atoms with Crippen LogP contribution in [0.3, 0.4) is 0 Å². The van der Waals surface area contributed by atoms with Crippen molar-refractivity contribution in [3.8, 4) is 0 Å². The molecule has 10 heteroatoms. The summed E-state index contributed by atoms with van der Waals surface area (Å²) in [7, 11) is 0. The molecule has 1 aromatic heterocycles. The van der Waals surface area contributed by atoms with E-state index in [0.717, 1.165) is 43.7 Å². The maximum atomic E-state index is 13.8. The summed E-state index contributed by atoms with van der Waals surface area (Å²) in [6.45, 7) is 12.7. The monoisotopic (exact) mass is 585 g/mol. The maximum Gasteiger partial charge on any atom is 0.308 e. The van der Waals surface area contributed by atoms with Crippen LogP contribution in [-0.2, 0) is 25.5 Å². The summed E-state index contributed by atoms with van der Waals surface area (Å²) in [4.78, 5) is 39.0. The van der Waals surface area contributed by atoms with Gasteiger partial charge in [0.2, 0.25) is 5.91 Å². The topological polar surface area (TPSA) is 96.9 Å². The van der Waals surface area contributed by atoms with Crippen molar-refractivity contribution in [2.75, 3.05) is 57.4 Å². The molecule has 1 fully saturated rings. The van der Waals surface area contributed by atoms with Gasteiger partial charge in [-0.05, 0) is 70.2 Å². The van der Waals surface area contributed by atoms with E-state index in [1.807, 2.05) is 49.9 Å². The standard InChI is InChI=1S/C31H44ClN5O4/c1-22-6-11-26-28(22)29(35-21-34-26)36-14-16-37(17-15-36)30(39)25(23-7-9-24(32)10-8-23)20-33-13-5-18-40-19-12-27(38)41-31(2,3)4/h7-10,21-22,25,33H,5-6,11-20H2,1-4H3/t22-,25-/m1/s1. The number of carbonyl (C=O) groups is 2. The molecule has 1 aromatic carbocycles. The summed E-state index contributed by atoms with van der Waals surface area (Å²) in [5.41, 5.74) is 2.92. The molecule has 9 nitrogen and oxygen atoms in total. The largest absolute Gasteiger partial charge is 0.460 e. The minimum absolute atomic E-state index is 0.120. The fourth-order valence-corrected chi connectivity index (χ4v) is 5.60. The van der Waals surface area contributed by atoms with E-state index in [0.29, 0.717) is 50.3 Å². The van der Waals surface area contributed by atoms with Crippen LogP contribution >= 0.6 is 11.6 Å². The summed E-state index contributed by atoms with van der Waals surface area (Å²) >= 11 is 6.14. The lowest BCUT2D eigenvalue weighted by molar-refractivity contribution is -0.156. The highest BCUT2D eigenvalue weighted by Gasteiger charge is 2.32. The number of aryl methyl sites for hydroxylation is 1. The van der Waals surface area contributed by atoms with Crippen molar-refractivity contribution in [3.05, 3.63) is 52.4 Å². The number of carbonyl (C=O) groups excluding carboxylic acids is 2. The third-order valence-corrected chi connectivity index (χ3v) is 7.83. The molecule has 4 rings (SSSR count). The van der Waals surface area contributed by atoms with Crippen LogP contribution < -0.4 is 10.2 Å². The Kier molecular flexibility index (Phi) is 11.0. The normalized spacial score (nSPS) is 17.8. The number of aromatic nitrogens is 2. The van der Waals surface area contributed by atoms with Crippen molar-refractivity contribution in [2.24, 2.45) is 0 Å². The molecular weight excluding hydrogens is 542 g/mol. The van der Waals surface area contributed by atoms with E-state index >= 15 is 0 Å². The first-order chi connectivity index (χ1) is 19.6. The molecule has 41 heavy (non-hydrogen) atoms. The molecule has 1 aliphatic carbocycles. The smallest absolute Gasteiger partial charge is 0.308 e. The molecule has 1 saturated heterocycles. The zero-order chi connectivity index (χ0) is 29.4. The molecule has 224 valence electrons. The molecule has 0 spiro atoms. The number of nitrogens with zero attached hydrogens (tertiary/aromatic N) is 4. The number of benzene rings is 1. The van der Waals surface area contributed by atoms with Gasteiger partial charge in [0.25, 0.3) is 0 Å². The van der Waals surface area contributed by atoms with Crippen LogP contribution in [0.4, 0.5) is 5.82 Å². The van der Waals surface area contributed by atoms with Gasteiger partial charge in [0.15, 0.2) is 0 Å². The number of piperazine rings is 1. The molecule has 1 N–H and O–H groups in total. The summed E-state index contributed by atoms with van der Waals surface area (Å²) in [5.74, 6) is 1.06. The second kappa shape index (κ2) is 14.4. The molecule has 0 unspecified atom stereocenters.